The summed E-state index contributed by atoms with van der Waals surface area (Å²) in [7, 11) is 0. The SMILES string of the molecule is O=C(Nc1ccc2c(c1)OC(F)(F)O2)N1CCc2c(Cl)cccc21. The molecule has 0 bridgehead atoms. The Morgan fingerprint density at radius 1 is 1.21 bits per heavy atom. The zero-order chi connectivity index (χ0) is 16.9. The molecule has 2 heterocycles. The van der Waals surface area contributed by atoms with Crippen molar-refractivity contribution in [2.75, 3.05) is 16.8 Å². The monoisotopic (exact) mass is 352 g/mol. The molecule has 2 aromatic carbocycles. The largest absolute Gasteiger partial charge is 0.586 e. The molecule has 0 fully saturated rings. The number of anilines is 2. The Balaban J connectivity index is 1.54. The van der Waals surface area contributed by atoms with Gasteiger partial charge in [0.25, 0.3) is 0 Å². The number of urea groups is 1. The number of benzene rings is 2. The maximum absolute atomic E-state index is 13.0. The molecule has 0 atom stereocenters. The van der Waals surface area contributed by atoms with Gasteiger partial charge in [0.1, 0.15) is 0 Å². The van der Waals surface area contributed by atoms with E-state index in [1.807, 2.05) is 6.07 Å². The number of ether oxygens (including phenoxy) is 2. The van der Waals surface area contributed by atoms with Crippen LogP contribution in [-0.4, -0.2) is 18.9 Å². The van der Waals surface area contributed by atoms with Crippen molar-refractivity contribution >= 4 is 29.0 Å². The Kier molecular flexibility index (Phi) is 3.28. The second-order valence-corrected chi connectivity index (χ2v) is 5.81. The summed E-state index contributed by atoms with van der Waals surface area (Å²) in [6, 6.07) is 9.07. The van der Waals surface area contributed by atoms with Gasteiger partial charge in [0.05, 0.1) is 5.69 Å². The second kappa shape index (κ2) is 5.24. The average molecular weight is 353 g/mol. The number of carbonyl (C=O) groups excluding carboxylic acids is 1. The number of fused-ring (bicyclic) bond motifs is 2. The van der Waals surface area contributed by atoms with Crippen LogP contribution in [0.5, 0.6) is 11.5 Å². The molecule has 0 saturated carbocycles. The Hall–Kier alpha value is -2.54. The molecule has 124 valence electrons. The highest BCUT2D eigenvalue weighted by atomic mass is 35.5. The molecule has 0 aromatic heterocycles. The van der Waals surface area contributed by atoms with Crippen LogP contribution >= 0.6 is 11.6 Å². The van der Waals surface area contributed by atoms with E-state index < -0.39 is 6.29 Å². The summed E-state index contributed by atoms with van der Waals surface area (Å²) in [4.78, 5) is 14.0. The fourth-order valence-electron chi connectivity index (χ4n) is 2.82. The fourth-order valence-corrected chi connectivity index (χ4v) is 3.08. The highest BCUT2D eigenvalue weighted by Crippen LogP contribution is 2.42. The van der Waals surface area contributed by atoms with Crippen LogP contribution in [0.4, 0.5) is 25.0 Å². The minimum atomic E-state index is -3.68. The van der Waals surface area contributed by atoms with Crippen LogP contribution in [0.1, 0.15) is 5.56 Å². The maximum Gasteiger partial charge on any atom is 0.586 e. The minimum absolute atomic E-state index is 0.0729. The average Bonchev–Trinajstić information content (AvgIpc) is 3.07. The van der Waals surface area contributed by atoms with Crippen molar-refractivity contribution in [3.63, 3.8) is 0 Å². The summed E-state index contributed by atoms with van der Waals surface area (Å²) < 4.78 is 34.8. The lowest BCUT2D eigenvalue weighted by atomic mass is 10.2. The molecule has 1 N–H and O–H groups in total. The first-order valence-electron chi connectivity index (χ1n) is 7.19. The number of nitrogens with one attached hydrogen (secondary N) is 1. The highest BCUT2D eigenvalue weighted by Gasteiger charge is 2.43. The van der Waals surface area contributed by atoms with Gasteiger partial charge in [-0.2, -0.15) is 0 Å². The normalized spacial score (nSPS) is 16.9. The summed E-state index contributed by atoms with van der Waals surface area (Å²) in [5.41, 5.74) is 1.99. The Morgan fingerprint density at radius 2 is 2.00 bits per heavy atom. The Bertz CT molecular complexity index is 844. The van der Waals surface area contributed by atoms with E-state index in [1.54, 1.807) is 17.0 Å². The van der Waals surface area contributed by atoms with Gasteiger partial charge < -0.3 is 14.8 Å². The lowest BCUT2D eigenvalue weighted by Gasteiger charge is -2.18. The first-order valence-corrected chi connectivity index (χ1v) is 7.56. The summed E-state index contributed by atoms with van der Waals surface area (Å²) in [6.45, 7) is 0.494. The van der Waals surface area contributed by atoms with E-state index in [0.29, 0.717) is 23.7 Å². The number of amides is 2. The van der Waals surface area contributed by atoms with Gasteiger partial charge in [-0.1, -0.05) is 17.7 Å². The van der Waals surface area contributed by atoms with Crippen LogP contribution in [0.15, 0.2) is 36.4 Å². The summed E-state index contributed by atoms with van der Waals surface area (Å²) in [5, 5.41) is 3.28. The number of carbonyl (C=O) groups is 1. The van der Waals surface area contributed by atoms with Crippen molar-refractivity contribution in [3.05, 3.63) is 47.0 Å². The molecular formula is C16H11ClF2N2O3. The third-order valence-electron chi connectivity index (χ3n) is 3.87. The maximum atomic E-state index is 13.0. The number of hydrogen-bond donors (Lipinski definition) is 1. The Morgan fingerprint density at radius 3 is 2.83 bits per heavy atom. The van der Waals surface area contributed by atoms with Crippen molar-refractivity contribution in [2.24, 2.45) is 0 Å². The minimum Gasteiger partial charge on any atom is -0.395 e. The van der Waals surface area contributed by atoms with E-state index in [-0.39, 0.29) is 17.5 Å². The van der Waals surface area contributed by atoms with Crippen molar-refractivity contribution in [1.82, 2.24) is 0 Å². The topological polar surface area (TPSA) is 50.8 Å². The number of nitrogens with zero attached hydrogens (tertiary/aromatic N) is 1. The van der Waals surface area contributed by atoms with Gasteiger partial charge in [-0.05, 0) is 36.2 Å². The third-order valence-corrected chi connectivity index (χ3v) is 4.22. The number of alkyl halides is 2. The quantitative estimate of drug-likeness (QED) is 0.834. The molecule has 24 heavy (non-hydrogen) atoms. The van der Waals surface area contributed by atoms with Gasteiger partial charge in [0.15, 0.2) is 11.5 Å². The molecule has 0 saturated heterocycles. The van der Waals surface area contributed by atoms with Gasteiger partial charge in [-0.25, -0.2) is 4.79 Å². The van der Waals surface area contributed by atoms with E-state index in [9.17, 15) is 13.6 Å². The standard InChI is InChI=1S/C16H11ClF2N2O3/c17-11-2-1-3-12-10(11)6-7-21(12)15(22)20-9-4-5-13-14(8-9)24-16(18,19)23-13/h1-5,8H,6-7H2,(H,20,22). The molecule has 0 unspecified atom stereocenters. The van der Waals surface area contributed by atoms with E-state index in [0.717, 1.165) is 11.3 Å². The van der Waals surface area contributed by atoms with Crippen LogP contribution in [0.3, 0.4) is 0 Å². The predicted octanol–water partition coefficient (Wildman–Crippen LogP) is 4.26. The third kappa shape index (κ3) is 2.50. The lowest BCUT2D eigenvalue weighted by molar-refractivity contribution is -0.286. The summed E-state index contributed by atoms with van der Waals surface area (Å²) >= 11 is 6.13. The van der Waals surface area contributed by atoms with Crippen LogP contribution in [0, 0.1) is 0 Å². The molecule has 2 aliphatic rings. The van der Waals surface area contributed by atoms with Gasteiger partial charge in [0, 0.05) is 23.3 Å². The van der Waals surface area contributed by atoms with Crippen LogP contribution < -0.4 is 19.7 Å². The Labute approximate surface area is 140 Å². The molecule has 2 aromatic rings. The molecule has 8 heteroatoms. The fraction of sp³-hybridized carbons (Fsp3) is 0.188. The van der Waals surface area contributed by atoms with Gasteiger partial charge in [-0.3, -0.25) is 4.90 Å². The number of halogens is 3. The smallest absolute Gasteiger partial charge is 0.395 e. The first kappa shape index (κ1) is 15.0. The van der Waals surface area contributed by atoms with Crippen molar-refractivity contribution in [1.29, 1.82) is 0 Å². The number of hydrogen-bond acceptors (Lipinski definition) is 3. The van der Waals surface area contributed by atoms with Crippen molar-refractivity contribution < 1.29 is 23.0 Å². The molecule has 0 radical (unpaired) electrons. The van der Waals surface area contributed by atoms with Crippen molar-refractivity contribution in [2.45, 2.75) is 12.7 Å². The van der Waals surface area contributed by atoms with E-state index in [4.69, 9.17) is 11.6 Å². The summed E-state index contributed by atoms with van der Waals surface area (Å²) in [5.74, 6) is -0.195. The van der Waals surface area contributed by atoms with E-state index in [1.165, 1.54) is 18.2 Å². The molecule has 5 nitrogen and oxygen atoms in total. The van der Waals surface area contributed by atoms with Crippen LogP contribution in [0.2, 0.25) is 5.02 Å². The number of rotatable bonds is 1. The zero-order valence-electron chi connectivity index (χ0n) is 12.2. The predicted molar refractivity (Wildman–Crippen MR) is 84.2 cm³/mol. The van der Waals surface area contributed by atoms with E-state index >= 15 is 0 Å². The van der Waals surface area contributed by atoms with Crippen LogP contribution in [0.25, 0.3) is 0 Å². The molecule has 2 aliphatic heterocycles. The van der Waals surface area contributed by atoms with E-state index in [2.05, 4.69) is 14.8 Å². The second-order valence-electron chi connectivity index (χ2n) is 5.40. The molecule has 0 spiro atoms. The van der Waals surface area contributed by atoms with Gasteiger partial charge in [-0.15, -0.1) is 8.78 Å². The molecular weight excluding hydrogens is 342 g/mol. The first-order chi connectivity index (χ1) is 11.4. The van der Waals surface area contributed by atoms with Gasteiger partial charge >= 0.3 is 12.3 Å². The molecule has 2 amide bonds. The van der Waals surface area contributed by atoms with Gasteiger partial charge in [0.2, 0.25) is 0 Å². The lowest BCUT2D eigenvalue weighted by Crippen LogP contribution is -2.33. The zero-order valence-corrected chi connectivity index (χ0v) is 12.9. The molecule has 4 rings (SSSR count). The summed E-state index contributed by atoms with van der Waals surface area (Å²) in [6.07, 6.45) is -3.02. The van der Waals surface area contributed by atoms with Crippen molar-refractivity contribution in [3.8, 4) is 11.5 Å². The highest BCUT2D eigenvalue weighted by molar-refractivity contribution is 6.32. The molecule has 0 aliphatic carbocycles. The van der Waals surface area contributed by atoms with Crippen LogP contribution in [-0.2, 0) is 6.42 Å².